The third kappa shape index (κ3) is 3.53. The van der Waals surface area contributed by atoms with Crippen molar-refractivity contribution in [3.8, 4) is 0 Å². The molecule has 18 heavy (non-hydrogen) atoms. The molecule has 1 aromatic heterocycles. The normalized spacial score (nSPS) is 16.9. The molecule has 0 unspecified atom stereocenters. The van der Waals surface area contributed by atoms with Gasteiger partial charge < -0.3 is 14.6 Å². The molecule has 2 rings (SSSR count). The zero-order valence-electron chi connectivity index (χ0n) is 10.2. The predicted molar refractivity (Wildman–Crippen MR) is 69.1 cm³/mol. The van der Waals surface area contributed by atoms with E-state index in [0.29, 0.717) is 18.1 Å². The first-order valence-corrected chi connectivity index (χ1v) is 6.98. The summed E-state index contributed by atoms with van der Waals surface area (Å²) in [7, 11) is 0. The largest absolute Gasteiger partial charge is 0.469 e. The van der Waals surface area contributed by atoms with Crippen LogP contribution in [0.1, 0.15) is 12.7 Å². The van der Waals surface area contributed by atoms with Gasteiger partial charge in [-0.2, -0.15) is 0 Å². The molecule has 0 bridgehead atoms. The SMILES string of the molecule is C[C@H](Cc1ccco1)NC(=O)CN1CSCC1=O. The van der Waals surface area contributed by atoms with Crippen LogP contribution in [0.2, 0.25) is 0 Å². The quantitative estimate of drug-likeness (QED) is 0.860. The minimum atomic E-state index is -0.120. The van der Waals surface area contributed by atoms with E-state index in [1.807, 2.05) is 19.1 Å². The molecular weight excluding hydrogens is 252 g/mol. The van der Waals surface area contributed by atoms with Crippen LogP contribution in [-0.2, 0) is 16.0 Å². The van der Waals surface area contributed by atoms with Gasteiger partial charge in [0.2, 0.25) is 11.8 Å². The summed E-state index contributed by atoms with van der Waals surface area (Å²) >= 11 is 1.54. The van der Waals surface area contributed by atoms with E-state index in [-0.39, 0.29) is 24.4 Å². The predicted octanol–water partition coefficient (Wildman–Crippen LogP) is 0.860. The Hall–Kier alpha value is -1.43. The van der Waals surface area contributed by atoms with Crippen LogP contribution in [0.15, 0.2) is 22.8 Å². The van der Waals surface area contributed by atoms with Gasteiger partial charge in [0.25, 0.3) is 0 Å². The molecule has 1 fully saturated rings. The molecule has 5 nitrogen and oxygen atoms in total. The van der Waals surface area contributed by atoms with Crippen molar-refractivity contribution in [1.29, 1.82) is 0 Å². The Morgan fingerprint density at radius 3 is 3.11 bits per heavy atom. The lowest BCUT2D eigenvalue weighted by Gasteiger charge is -2.17. The monoisotopic (exact) mass is 268 g/mol. The van der Waals surface area contributed by atoms with Gasteiger partial charge in [-0.1, -0.05) is 0 Å². The summed E-state index contributed by atoms with van der Waals surface area (Å²) in [4.78, 5) is 24.7. The molecule has 0 spiro atoms. The van der Waals surface area contributed by atoms with Gasteiger partial charge in [0, 0.05) is 12.5 Å². The number of carbonyl (C=O) groups is 2. The van der Waals surface area contributed by atoms with E-state index in [0.717, 1.165) is 5.76 Å². The molecular formula is C12H16N2O3S. The summed E-state index contributed by atoms with van der Waals surface area (Å²) in [5.41, 5.74) is 0. The highest BCUT2D eigenvalue weighted by Crippen LogP contribution is 2.14. The maximum Gasteiger partial charge on any atom is 0.239 e. The van der Waals surface area contributed by atoms with Crippen molar-refractivity contribution in [2.75, 3.05) is 18.2 Å². The lowest BCUT2D eigenvalue weighted by Crippen LogP contribution is -2.42. The lowest BCUT2D eigenvalue weighted by molar-refractivity contribution is -0.132. The molecule has 0 saturated carbocycles. The van der Waals surface area contributed by atoms with Crippen LogP contribution in [0.3, 0.4) is 0 Å². The highest BCUT2D eigenvalue weighted by molar-refractivity contribution is 8.00. The molecule has 2 amide bonds. The van der Waals surface area contributed by atoms with E-state index in [2.05, 4.69) is 5.32 Å². The van der Waals surface area contributed by atoms with Gasteiger partial charge in [-0.15, -0.1) is 11.8 Å². The smallest absolute Gasteiger partial charge is 0.239 e. The number of nitrogens with zero attached hydrogens (tertiary/aromatic N) is 1. The fraction of sp³-hybridized carbons (Fsp3) is 0.500. The number of nitrogens with one attached hydrogen (secondary N) is 1. The summed E-state index contributed by atoms with van der Waals surface area (Å²) in [6, 6.07) is 3.70. The summed E-state index contributed by atoms with van der Waals surface area (Å²) < 4.78 is 5.22. The van der Waals surface area contributed by atoms with Crippen LogP contribution in [0.5, 0.6) is 0 Å². The third-order valence-electron chi connectivity index (χ3n) is 2.65. The molecule has 6 heteroatoms. The maximum absolute atomic E-state index is 11.7. The van der Waals surface area contributed by atoms with E-state index in [1.165, 1.54) is 11.8 Å². The van der Waals surface area contributed by atoms with E-state index in [9.17, 15) is 9.59 Å². The van der Waals surface area contributed by atoms with Gasteiger partial charge >= 0.3 is 0 Å². The van der Waals surface area contributed by atoms with Crippen molar-refractivity contribution in [2.45, 2.75) is 19.4 Å². The second-order valence-electron chi connectivity index (χ2n) is 4.32. The van der Waals surface area contributed by atoms with Crippen LogP contribution in [0, 0.1) is 0 Å². The Balaban J connectivity index is 1.75. The van der Waals surface area contributed by atoms with Crippen LogP contribution in [0.25, 0.3) is 0 Å². The molecule has 1 N–H and O–H groups in total. The zero-order valence-corrected chi connectivity index (χ0v) is 11.0. The van der Waals surface area contributed by atoms with Gasteiger partial charge in [-0.3, -0.25) is 9.59 Å². The molecule has 1 aliphatic heterocycles. The van der Waals surface area contributed by atoms with Crippen molar-refractivity contribution in [3.63, 3.8) is 0 Å². The molecule has 0 aliphatic carbocycles. The van der Waals surface area contributed by atoms with Crippen LogP contribution in [-0.4, -0.2) is 40.9 Å². The van der Waals surface area contributed by atoms with Gasteiger partial charge in [0.1, 0.15) is 12.3 Å². The highest BCUT2D eigenvalue weighted by Gasteiger charge is 2.23. The standard InChI is InChI=1S/C12H16N2O3S/c1-9(5-10-3-2-4-17-10)13-11(15)6-14-8-18-7-12(14)16/h2-4,9H,5-8H2,1H3,(H,13,15)/t9-/m1/s1. The van der Waals surface area contributed by atoms with Crippen molar-refractivity contribution < 1.29 is 14.0 Å². The Kier molecular flexibility index (Phi) is 4.30. The number of amides is 2. The van der Waals surface area contributed by atoms with Crippen LogP contribution < -0.4 is 5.32 Å². The minimum absolute atomic E-state index is 0.00555. The lowest BCUT2D eigenvalue weighted by atomic mass is 10.2. The average Bonchev–Trinajstić information content (AvgIpc) is 2.91. The van der Waals surface area contributed by atoms with E-state index in [4.69, 9.17) is 4.42 Å². The number of hydrogen-bond donors (Lipinski definition) is 1. The van der Waals surface area contributed by atoms with Crippen molar-refractivity contribution in [3.05, 3.63) is 24.2 Å². The number of hydrogen-bond acceptors (Lipinski definition) is 4. The number of carbonyl (C=O) groups excluding carboxylic acids is 2. The van der Waals surface area contributed by atoms with E-state index < -0.39 is 0 Å². The number of rotatable bonds is 5. The van der Waals surface area contributed by atoms with Crippen molar-refractivity contribution in [2.24, 2.45) is 0 Å². The molecule has 1 saturated heterocycles. The van der Waals surface area contributed by atoms with Crippen molar-refractivity contribution >= 4 is 23.6 Å². The summed E-state index contributed by atoms with van der Waals surface area (Å²) in [6.07, 6.45) is 2.27. The highest BCUT2D eigenvalue weighted by atomic mass is 32.2. The molecule has 1 aliphatic rings. The molecule has 1 aromatic rings. The van der Waals surface area contributed by atoms with Gasteiger partial charge in [-0.05, 0) is 19.1 Å². The van der Waals surface area contributed by atoms with Gasteiger partial charge in [-0.25, -0.2) is 0 Å². The number of thioether (sulfide) groups is 1. The first kappa shape index (κ1) is 13.0. The first-order valence-electron chi connectivity index (χ1n) is 5.82. The second-order valence-corrected chi connectivity index (χ2v) is 5.28. The Morgan fingerprint density at radius 1 is 1.67 bits per heavy atom. The summed E-state index contributed by atoms with van der Waals surface area (Å²) in [5, 5.41) is 2.86. The number of furan rings is 1. The Bertz CT molecular complexity index is 419. The Morgan fingerprint density at radius 2 is 2.50 bits per heavy atom. The average molecular weight is 268 g/mol. The first-order chi connectivity index (χ1) is 8.65. The fourth-order valence-corrected chi connectivity index (χ4v) is 2.72. The van der Waals surface area contributed by atoms with Crippen molar-refractivity contribution in [1.82, 2.24) is 10.2 Å². The second kappa shape index (κ2) is 5.95. The van der Waals surface area contributed by atoms with Crippen LogP contribution >= 0.6 is 11.8 Å². The Labute approximate surface area is 110 Å². The topological polar surface area (TPSA) is 62.6 Å². The molecule has 98 valence electrons. The van der Waals surface area contributed by atoms with E-state index in [1.54, 1.807) is 11.2 Å². The molecule has 0 radical (unpaired) electrons. The van der Waals surface area contributed by atoms with Gasteiger partial charge in [0.15, 0.2) is 0 Å². The maximum atomic E-state index is 11.7. The van der Waals surface area contributed by atoms with Crippen LogP contribution in [0.4, 0.5) is 0 Å². The molecule has 1 atom stereocenters. The zero-order chi connectivity index (χ0) is 13.0. The summed E-state index contributed by atoms with van der Waals surface area (Å²) in [6.45, 7) is 2.06. The molecule has 2 heterocycles. The van der Waals surface area contributed by atoms with E-state index >= 15 is 0 Å². The fourth-order valence-electron chi connectivity index (χ4n) is 1.82. The summed E-state index contributed by atoms with van der Waals surface area (Å²) in [5.74, 6) is 1.85. The molecule has 0 aromatic carbocycles. The third-order valence-corrected chi connectivity index (χ3v) is 3.60. The van der Waals surface area contributed by atoms with Gasteiger partial charge in [0.05, 0.1) is 17.9 Å². The minimum Gasteiger partial charge on any atom is -0.469 e.